The first-order chi connectivity index (χ1) is 9.15. The SMILES string of the molecule is CCCNC(c1cccc(Br)c1F)c1nccn1C. The molecular weight excluding hydrogens is 309 g/mol. The van der Waals surface area contributed by atoms with Gasteiger partial charge < -0.3 is 9.88 Å². The van der Waals surface area contributed by atoms with Crippen LogP contribution < -0.4 is 5.32 Å². The van der Waals surface area contributed by atoms with E-state index in [1.807, 2.05) is 23.9 Å². The lowest BCUT2D eigenvalue weighted by Crippen LogP contribution is -2.26. The smallest absolute Gasteiger partial charge is 0.142 e. The molecule has 19 heavy (non-hydrogen) atoms. The summed E-state index contributed by atoms with van der Waals surface area (Å²) in [4.78, 5) is 4.33. The molecular formula is C14H17BrFN3. The number of aryl methyl sites for hydroxylation is 1. The molecule has 0 saturated heterocycles. The molecule has 1 N–H and O–H groups in total. The zero-order valence-corrected chi connectivity index (χ0v) is 12.6. The first kappa shape index (κ1) is 14.2. The first-order valence-electron chi connectivity index (χ1n) is 6.29. The molecule has 0 radical (unpaired) electrons. The molecule has 0 amide bonds. The van der Waals surface area contributed by atoms with Crippen LogP contribution in [-0.4, -0.2) is 16.1 Å². The van der Waals surface area contributed by atoms with Crippen LogP contribution in [0.4, 0.5) is 4.39 Å². The highest BCUT2D eigenvalue weighted by atomic mass is 79.9. The minimum Gasteiger partial charge on any atom is -0.336 e. The van der Waals surface area contributed by atoms with Gasteiger partial charge in [-0.2, -0.15) is 0 Å². The highest BCUT2D eigenvalue weighted by Gasteiger charge is 2.21. The molecule has 0 fully saturated rings. The van der Waals surface area contributed by atoms with Crippen LogP contribution in [0.3, 0.4) is 0 Å². The monoisotopic (exact) mass is 325 g/mol. The maximum absolute atomic E-state index is 14.3. The lowest BCUT2D eigenvalue weighted by Gasteiger charge is -2.19. The van der Waals surface area contributed by atoms with Crippen molar-refractivity contribution < 1.29 is 4.39 Å². The van der Waals surface area contributed by atoms with Crippen molar-refractivity contribution in [2.45, 2.75) is 19.4 Å². The lowest BCUT2D eigenvalue weighted by molar-refractivity contribution is 0.517. The summed E-state index contributed by atoms with van der Waals surface area (Å²) >= 11 is 3.23. The quantitative estimate of drug-likeness (QED) is 0.912. The minimum atomic E-state index is -0.238. The van der Waals surface area contributed by atoms with Crippen LogP contribution in [0, 0.1) is 5.82 Å². The van der Waals surface area contributed by atoms with E-state index >= 15 is 0 Å². The summed E-state index contributed by atoms with van der Waals surface area (Å²) in [6.45, 7) is 2.89. The molecule has 2 aromatic rings. The molecule has 102 valence electrons. The average Bonchev–Trinajstić information content (AvgIpc) is 2.81. The Morgan fingerprint density at radius 1 is 1.47 bits per heavy atom. The van der Waals surface area contributed by atoms with Crippen LogP contribution in [0.5, 0.6) is 0 Å². The van der Waals surface area contributed by atoms with Crippen molar-refractivity contribution in [1.29, 1.82) is 0 Å². The fourth-order valence-electron chi connectivity index (χ4n) is 2.03. The van der Waals surface area contributed by atoms with Crippen molar-refractivity contribution in [1.82, 2.24) is 14.9 Å². The Labute approximate surface area is 121 Å². The largest absolute Gasteiger partial charge is 0.336 e. The van der Waals surface area contributed by atoms with Gasteiger partial charge in [0.05, 0.1) is 10.5 Å². The second kappa shape index (κ2) is 6.30. The summed E-state index contributed by atoms with van der Waals surface area (Å²) in [6.07, 6.45) is 4.58. The van der Waals surface area contributed by atoms with Crippen molar-refractivity contribution in [3.8, 4) is 0 Å². The molecule has 2 rings (SSSR count). The van der Waals surface area contributed by atoms with E-state index in [1.54, 1.807) is 18.3 Å². The van der Waals surface area contributed by atoms with Gasteiger partial charge >= 0.3 is 0 Å². The molecule has 3 nitrogen and oxygen atoms in total. The number of benzene rings is 1. The van der Waals surface area contributed by atoms with Gasteiger partial charge in [-0.15, -0.1) is 0 Å². The molecule has 0 saturated carbocycles. The van der Waals surface area contributed by atoms with Gasteiger partial charge in [0, 0.05) is 25.0 Å². The Morgan fingerprint density at radius 2 is 2.26 bits per heavy atom. The zero-order chi connectivity index (χ0) is 13.8. The van der Waals surface area contributed by atoms with E-state index in [0.717, 1.165) is 18.8 Å². The van der Waals surface area contributed by atoms with Gasteiger partial charge in [-0.25, -0.2) is 9.37 Å². The van der Waals surface area contributed by atoms with Crippen LogP contribution in [0.2, 0.25) is 0 Å². The Morgan fingerprint density at radius 3 is 2.89 bits per heavy atom. The van der Waals surface area contributed by atoms with Gasteiger partial charge in [-0.1, -0.05) is 19.1 Å². The number of hydrogen-bond donors (Lipinski definition) is 1. The van der Waals surface area contributed by atoms with Crippen molar-refractivity contribution in [3.63, 3.8) is 0 Å². The summed E-state index contributed by atoms with van der Waals surface area (Å²) < 4.78 is 16.7. The van der Waals surface area contributed by atoms with Gasteiger partial charge in [0.2, 0.25) is 0 Å². The fraction of sp³-hybridized carbons (Fsp3) is 0.357. The molecule has 0 spiro atoms. The summed E-state index contributed by atoms with van der Waals surface area (Å²) in [5, 5.41) is 3.35. The number of nitrogens with one attached hydrogen (secondary N) is 1. The van der Waals surface area contributed by atoms with Crippen LogP contribution in [-0.2, 0) is 7.05 Å². The highest BCUT2D eigenvalue weighted by Crippen LogP contribution is 2.27. The second-order valence-electron chi connectivity index (χ2n) is 4.43. The van der Waals surface area contributed by atoms with E-state index in [2.05, 4.69) is 33.2 Å². The number of imidazole rings is 1. The highest BCUT2D eigenvalue weighted by molar-refractivity contribution is 9.10. The predicted octanol–water partition coefficient (Wildman–Crippen LogP) is 3.41. The third kappa shape index (κ3) is 3.04. The van der Waals surface area contributed by atoms with Crippen LogP contribution >= 0.6 is 15.9 Å². The summed E-state index contributed by atoms with van der Waals surface area (Å²) in [5.41, 5.74) is 0.608. The molecule has 1 aromatic carbocycles. The van der Waals surface area contributed by atoms with E-state index in [-0.39, 0.29) is 11.9 Å². The molecule has 0 aliphatic rings. The van der Waals surface area contributed by atoms with Gasteiger partial charge in [0.15, 0.2) is 0 Å². The normalized spacial score (nSPS) is 12.6. The Hall–Kier alpha value is -1.20. The average molecular weight is 326 g/mol. The number of hydrogen-bond acceptors (Lipinski definition) is 2. The maximum atomic E-state index is 14.3. The Bertz CT molecular complexity index is 553. The Kier molecular flexibility index (Phi) is 4.71. The molecule has 1 aromatic heterocycles. The third-order valence-electron chi connectivity index (χ3n) is 3.01. The van der Waals surface area contributed by atoms with Gasteiger partial charge in [-0.3, -0.25) is 0 Å². The van der Waals surface area contributed by atoms with Crippen molar-refractivity contribution in [3.05, 3.63) is 52.3 Å². The molecule has 1 unspecified atom stereocenters. The number of halogens is 2. The topological polar surface area (TPSA) is 29.9 Å². The van der Waals surface area contributed by atoms with E-state index in [4.69, 9.17) is 0 Å². The van der Waals surface area contributed by atoms with Crippen LogP contribution in [0.15, 0.2) is 35.1 Å². The zero-order valence-electron chi connectivity index (χ0n) is 11.0. The minimum absolute atomic E-state index is 0.237. The molecule has 1 heterocycles. The summed E-state index contributed by atoms with van der Waals surface area (Å²) in [6, 6.07) is 5.10. The maximum Gasteiger partial charge on any atom is 0.142 e. The Balaban J connectivity index is 2.43. The summed E-state index contributed by atoms with van der Waals surface area (Å²) in [7, 11) is 1.92. The van der Waals surface area contributed by atoms with Crippen LogP contribution in [0.1, 0.15) is 30.8 Å². The number of rotatable bonds is 5. The first-order valence-corrected chi connectivity index (χ1v) is 7.09. The summed E-state index contributed by atoms with van der Waals surface area (Å²) in [5.74, 6) is 0.574. The fourth-order valence-corrected chi connectivity index (χ4v) is 2.41. The van der Waals surface area contributed by atoms with E-state index in [9.17, 15) is 4.39 Å². The molecule has 5 heteroatoms. The standard InChI is InChI=1S/C14H17BrFN3/c1-3-7-17-13(14-18-8-9-19(14)2)10-5-4-6-11(15)12(10)16/h4-6,8-9,13,17H,3,7H2,1-2H3. The number of nitrogens with zero attached hydrogens (tertiary/aromatic N) is 2. The second-order valence-corrected chi connectivity index (χ2v) is 5.28. The molecule has 0 aliphatic heterocycles. The number of aromatic nitrogens is 2. The molecule has 0 bridgehead atoms. The van der Waals surface area contributed by atoms with E-state index < -0.39 is 0 Å². The van der Waals surface area contributed by atoms with E-state index in [0.29, 0.717) is 10.0 Å². The van der Waals surface area contributed by atoms with Crippen molar-refractivity contribution in [2.24, 2.45) is 7.05 Å². The van der Waals surface area contributed by atoms with Gasteiger partial charge in [0.25, 0.3) is 0 Å². The molecule has 0 aliphatic carbocycles. The van der Waals surface area contributed by atoms with Gasteiger partial charge in [0.1, 0.15) is 11.6 Å². The van der Waals surface area contributed by atoms with Crippen LogP contribution in [0.25, 0.3) is 0 Å². The van der Waals surface area contributed by atoms with Crippen molar-refractivity contribution >= 4 is 15.9 Å². The van der Waals surface area contributed by atoms with Gasteiger partial charge in [-0.05, 0) is 35.0 Å². The lowest BCUT2D eigenvalue weighted by atomic mass is 10.1. The van der Waals surface area contributed by atoms with E-state index in [1.165, 1.54) is 0 Å². The predicted molar refractivity (Wildman–Crippen MR) is 77.4 cm³/mol. The molecule has 1 atom stereocenters. The van der Waals surface area contributed by atoms with Crippen molar-refractivity contribution in [2.75, 3.05) is 6.54 Å². The third-order valence-corrected chi connectivity index (χ3v) is 3.62.